The van der Waals surface area contributed by atoms with E-state index < -0.39 is 11.0 Å². The third-order valence-electron chi connectivity index (χ3n) is 2.14. The molecule has 1 aliphatic heterocycles. The Bertz CT molecular complexity index is 522. The molecule has 4 nitrogen and oxygen atoms in total. The summed E-state index contributed by atoms with van der Waals surface area (Å²) >= 11 is 0.783. The number of allylic oxidation sites excluding steroid dienone is 1. The Kier molecular flexibility index (Phi) is 3.10. The second-order valence-corrected chi connectivity index (χ2v) is 4.45. The first-order valence-electron chi connectivity index (χ1n) is 4.93. The van der Waals surface area contributed by atoms with Gasteiger partial charge in [0.2, 0.25) is 0 Å². The highest BCUT2D eigenvalue weighted by Crippen LogP contribution is 2.34. The molecule has 0 spiro atoms. The minimum Gasteiger partial charge on any atom is -0.295 e. The van der Waals surface area contributed by atoms with Crippen molar-refractivity contribution in [3.05, 3.63) is 41.4 Å². The van der Waals surface area contributed by atoms with Gasteiger partial charge >= 0.3 is 5.91 Å². The van der Waals surface area contributed by atoms with Gasteiger partial charge in [-0.1, -0.05) is 18.2 Å². The van der Waals surface area contributed by atoms with Crippen molar-refractivity contribution >= 4 is 34.3 Å². The Morgan fingerprint density at radius 1 is 1.24 bits per heavy atom. The van der Waals surface area contributed by atoms with Gasteiger partial charge in [0, 0.05) is 11.8 Å². The van der Waals surface area contributed by atoms with E-state index in [1.165, 1.54) is 17.9 Å². The molecular formula is C12H9NO3S. The monoisotopic (exact) mass is 247 g/mol. The van der Waals surface area contributed by atoms with Crippen molar-refractivity contribution in [1.82, 2.24) is 0 Å². The van der Waals surface area contributed by atoms with Crippen molar-refractivity contribution in [2.75, 3.05) is 4.90 Å². The maximum Gasteiger partial charge on any atom is 0.310 e. The number of ketones is 1. The third-order valence-corrected chi connectivity index (χ3v) is 3.01. The first-order valence-corrected chi connectivity index (χ1v) is 5.75. The van der Waals surface area contributed by atoms with Crippen LogP contribution in [0.2, 0.25) is 0 Å². The minimum absolute atomic E-state index is 0.198. The summed E-state index contributed by atoms with van der Waals surface area (Å²) in [5, 5.41) is -0.208. The number of hydrogen-bond donors (Lipinski definition) is 0. The Labute approximate surface area is 102 Å². The van der Waals surface area contributed by atoms with Crippen molar-refractivity contribution < 1.29 is 14.4 Å². The summed E-state index contributed by atoms with van der Waals surface area (Å²) in [6, 6.07) is 8.77. The number of para-hydroxylation sites is 1. The van der Waals surface area contributed by atoms with Crippen molar-refractivity contribution in [2.24, 2.45) is 0 Å². The molecule has 1 aliphatic rings. The van der Waals surface area contributed by atoms with Crippen LogP contribution in [-0.2, 0) is 14.4 Å². The molecule has 0 saturated carbocycles. The minimum atomic E-state index is -0.617. The van der Waals surface area contributed by atoms with Crippen LogP contribution >= 0.6 is 11.8 Å². The fourth-order valence-electron chi connectivity index (χ4n) is 1.47. The van der Waals surface area contributed by atoms with Crippen LogP contribution in [0.1, 0.15) is 6.92 Å². The number of benzene rings is 1. The molecule has 1 amide bonds. The lowest BCUT2D eigenvalue weighted by atomic mass is 10.3. The van der Waals surface area contributed by atoms with Crippen LogP contribution in [0.25, 0.3) is 0 Å². The molecular weight excluding hydrogens is 238 g/mol. The maximum atomic E-state index is 11.7. The summed E-state index contributed by atoms with van der Waals surface area (Å²) in [6.45, 7) is 1.38. The molecule has 0 aliphatic carbocycles. The first-order chi connectivity index (χ1) is 8.09. The lowest BCUT2D eigenvalue weighted by molar-refractivity contribution is -0.130. The molecule has 1 fully saturated rings. The highest BCUT2D eigenvalue weighted by Gasteiger charge is 2.36. The Morgan fingerprint density at radius 3 is 2.47 bits per heavy atom. The maximum absolute atomic E-state index is 11.7. The molecule has 0 N–H and O–H groups in total. The fourth-order valence-corrected chi connectivity index (χ4v) is 2.34. The van der Waals surface area contributed by atoms with Gasteiger partial charge in [0.25, 0.3) is 5.12 Å². The first kappa shape index (κ1) is 11.6. The molecule has 1 aromatic rings. The smallest absolute Gasteiger partial charge is 0.295 e. The van der Waals surface area contributed by atoms with E-state index in [1.807, 2.05) is 6.07 Å². The number of anilines is 1. The zero-order valence-corrected chi connectivity index (χ0v) is 9.86. The van der Waals surface area contributed by atoms with Crippen LogP contribution in [0.5, 0.6) is 0 Å². The molecule has 0 aromatic heterocycles. The highest BCUT2D eigenvalue weighted by molar-refractivity contribution is 8.19. The van der Waals surface area contributed by atoms with Gasteiger partial charge < -0.3 is 0 Å². The molecule has 1 aromatic carbocycles. The van der Waals surface area contributed by atoms with Gasteiger partial charge in [-0.05, 0) is 30.8 Å². The number of amides is 1. The van der Waals surface area contributed by atoms with Crippen molar-refractivity contribution in [3.63, 3.8) is 0 Å². The van der Waals surface area contributed by atoms with Gasteiger partial charge in [-0.2, -0.15) is 0 Å². The van der Waals surface area contributed by atoms with Gasteiger partial charge in [-0.15, -0.1) is 0 Å². The van der Waals surface area contributed by atoms with E-state index in [9.17, 15) is 14.4 Å². The topological polar surface area (TPSA) is 54.5 Å². The van der Waals surface area contributed by atoms with E-state index in [0.29, 0.717) is 10.7 Å². The average molecular weight is 247 g/mol. The Hall–Kier alpha value is -1.88. The molecule has 1 heterocycles. The van der Waals surface area contributed by atoms with Crippen molar-refractivity contribution in [2.45, 2.75) is 6.92 Å². The quantitative estimate of drug-likeness (QED) is 0.590. The van der Waals surface area contributed by atoms with Crippen molar-refractivity contribution in [3.8, 4) is 0 Å². The zero-order chi connectivity index (χ0) is 12.4. The largest absolute Gasteiger partial charge is 0.310 e. The molecule has 17 heavy (non-hydrogen) atoms. The summed E-state index contributed by atoms with van der Waals surface area (Å²) in [5.41, 5.74) is 0.586. The molecule has 0 bridgehead atoms. The molecule has 0 unspecified atom stereocenters. The SMILES string of the molecule is CC(=O)C=C1SC(=O)C(=O)N1c1ccccc1. The normalized spacial score (nSPS) is 17.9. The Balaban J connectivity index is 2.45. The number of carbonyl (C=O) groups excluding carboxylic acids is 3. The Morgan fingerprint density at radius 2 is 1.88 bits per heavy atom. The van der Waals surface area contributed by atoms with E-state index in [0.717, 1.165) is 11.8 Å². The van der Waals surface area contributed by atoms with E-state index in [1.54, 1.807) is 24.3 Å². The lowest BCUT2D eigenvalue weighted by Gasteiger charge is -2.15. The third kappa shape index (κ3) is 2.29. The van der Waals surface area contributed by atoms with Crippen LogP contribution < -0.4 is 4.90 Å². The summed E-state index contributed by atoms with van der Waals surface area (Å²) in [7, 11) is 0. The summed E-state index contributed by atoms with van der Waals surface area (Å²) in [4.78, 5) is 35.4. The molecule has 2 rings (SSSR count). The van der Waals surface area contributed by atoms with Crippen LogP contribution in [0.3, 0.4) is 0 Å². The van der Waals surface area contributed by atoms with Crippen molar-refractivity contribution in [1.29, 1.82) is 0 Å². The van der Waals surface area contributed by atoms with Gasteiger partial charge in [-0.3, -0.25) is 19.3 Å². The second kappa shape index (κ2) is 4.55. The van der Waals surface area contributed by atoms with E-state index >= 15 is 0 Å². The van der Waals surface area contributed by atoms with Crippen LogP contribution in [0.15, 0.2) is 41.4 Å². The molecule has 1 saturated heterocycles. The predicted molar refractivity (Wildman–Crippen MR) is 65.3 cm³/mol. The van der Waals surface area contributed by atoms with E-state index in [2.05, 4.69) is 0 Å². The van der Waals surface area contributed by atoms with Gasteiger partial charge in [0.05, 0.1) is 5.03 Å². The van der Waals surface area contributed by atoms with E-state index in [4.69, 9.17) is 0 Å². The van der Waals surface area contributed by atoms with Crippen LogP contribution in [-0.4, -0.2) is 16.8 Å². The highest BCUT2D eigenvalue weighted by atomic mass is 32.2. The van der Waals surface area contributed by atoms with Crippen LogP contribution in [0.4, 0.5) is 5.69 Å². The number of hydrogen-bond acceptors (Lipinski definition) is 4. The molecule has 5 heteroatoms. The van der Waals surface area contributed by atoms with Crippen LogP contribution in [0, 0.1) is 0 Å². The fraction of sp³-hybridized carbons (Fsp3) is 0.0833. The number of rotatable bonds is 2. The van der Waals surface area contributed by atoms with E-state index in [-0.39, 0.29) is 5.78 Å². The van der Waals surface area contributed by atoms with Gasteiger partial charge in [0.1, 0.15) is 0 Å². The second-order valence-electron chi connectivity index (χ2n) is 3.46. The lowest BCUT2D eigenvalue weighted by Crippen LogP contribution is -2.26. The number of carbonyl (C=O) groups is 3. The molecule has 0 atom stereocenters. The average Bonchev–Trinajstić information content (AvgIpc) is 2.55. The molecule has 86 valence electrons. The zero-order valence-electron chi connectivity index (χ0n) is 9.04. The summed E-state index contributed by atoms with van der Waals surface area (Å²) in [6.07, 6.45) is 1.29. The standard InChI is InChI=1S/C12H9NO3S/c1-8(14)7-10-13(11(15)12(16)17-10)9-5-3-2-4-6-9/h2-7H,1H3. The summed E-state index contributed by atoms with van der Waals surface area (Å²) in [5.74, 6) is -0.815. The van der Waals surface area contributed by atoms with Gasteiger partial charge in [-0.25, -0.2) is 0 Å². The molecule has 0 radical (unpaired) electrons. The summed E-state index contributed by atoms with van der Waals surface area (Å²) < 4.78 is 0. The van der Waals surface area contributed by atoms with Gasteiger partial charge in [0.15, 0.2) is 5.78 Å². The predicted octanol–water partition coefficient (Wildman–Crippen LogP) is 1.72. The number of thioether (sulfide) groups is 1. The number of nitrogens with zero attached hydrogens (tertiary/aromatic N) is 1.